The Balaban J connectivity index is 1.81. The highest BCUT2D eigenvalue weighted by molar-refractivity contribution is 6.39. The maximum Gasteiger partial charge on any atom is 0.258 e. The molecule has 0 aliphatic heterocycles. The molecule has 0 aliphatic carbocycles. The van der Waals surface area contributed by atoms with Crippen molar-refractivity contribution in [2.45, 2.75) is 26.7 Å². The van der Waals surface area contributed by atoms with Crippen molar-refractivity contribution in [3.05, 3.63) is 82.6 Å². The van der Waals surface area contributed by atoms with Crippen molar-refractivity contribution in [2.24, 2.45) is 0 Å². The van der Waals surface area contributed by atoms with Crippen molar-refractivity contribution in [1.29, 1.82) is 0 Å². The van der Waals surface area contributed by atoms with Crippen LogP contribution in [0, 0.1) is 6.92 Å². The molecule has 1 amide bonds. The lowest BCUT2D eigenvalue weighted by atomic mass is 10.1. The predicted octanol–water partition coefficient (Wildman–Crippen LogP) is 5.76. The number of halogens is 1. The average Bonchev–Trinajstić information content (AvgIpc) is 3.11. The summed E-state index contributed by atoms with van der Waals surface area (Å²) in [5, 5.41) is 8.72. The van der Waals surface area contributed by atoms with E-state index in [-0.39, 0.29) is 11.8 Å². The Hall–Kier alpha value is -3.18. The quantitative estimate of drug-likeness (QED) is 0.470. The number of pyridine rings is 1. The summed E-state index contributed by atoms with van der Waals surface area (Å²) >= 11 is 6.72. The number of aryl methyl sites for hydroxylation is 1. The molecule has 0 aliphatic rings. The monoisotopic (exact) mass is 404 g/mol. The minimum absolute atomic E-state index is 0.122. The molecule has 0 spiro atoms. The number of amides is 1. The Morgan fingerprint density at radius 3 is 2.41 bits per heavy atom. The number of rotatable bonds is 4. The smallest absolute Gasteiger partial charge is 0.258 e. The fourth-order valence-electron chi connectivity index (χ4n) is 3.22. The zero-order chi connectivity index (χ0) is 20.5. The third-order valence-corrected chi connectivity index (χ3v) is 5.15. The SMILES string of the molecule is Cc1ccc(NC(=O)c2cnc3c(c(C(C)C)nn3-c3ccccc3)c2Cl)cc1. The molecule has 0 saturated carbocycles. The van der Waals surface area contributed by atoms with Gasteiger partial charge < -0.3 is 5.32 Å². The number of carbonyl (C=O) groups excluding carboxylic acids is 1. The van der Waals surface area contributed by atoms with E-state index in [0.29, 0.717) is 27.3 Å². The van der Waals surface area contributed by atoms with Crippen molar-refractivity contribution in [3.63, 3.8) is 0 Å². The summed E-state index contributed by atoms with van der Waals surface area (Å²) < 4.78 is 1.78. The minimum atomic E-state index is -0.296. The fraction of sp³-hybridized carbons (Fsp3) is 0.174. The number of anilines is 1. The van der Waals surface area contributed by atoms with E-state index in [4.69, 9.17) is 16.7 Å². The zero-order valence-electron chi connectivity index (χ0n) is 16.5. The highest BCUT2D eigenvalue weighted by Crippen LogP contribution is 2.33. The van der Waals surface area contributed by atoms with Gasteiger partial charge in [0.05, 0.1) is 27.4 Å². The van der Waals surface area contributed by atoms with E-state index in [1.165, 1.54) is 6.20 Å². The lowest BCUT2D eigenvalue weighted by Gasteiger charge is -2.09. The number of aromatic nitrogens is 3. The molecular formula is C23H21ClN4O. The van der Waals surface area contributed by atoms with Gasteiger partial charge in [-0.1, -0.05) is 61.3 Å². The highest BCUT2D eigenvalue weighted by atomic mass is 35.5. The zero-order valence-corrected chi connectivity index (χ0v) is 17.2. The van der Waals surface area contributed by atoms with Gasteiger partial charge in [0.1, 0.15) is 0 Å². The molecule has 2 aromatic heterocycles. The topological polar surface area (TPSA) is 59.8 Å². The third-order valence-electron chi connectivity index (χ3n) is 4.76. The molecule has 146 valence electrons. The Morgan fingerprint density at radius 2 is 1.76 bits per heavy atom. The van der Waals surface area contributed by atoms with Crippen LogP contribution in [0.15, 0.2) is 60.8 Å². The normalized spacial score (nSPS) is 11.2. The Morgan fingerprint density at radius 1 is 1.07 bits per heavy atom. The standard InChI is InChI=1S/C23H21ClN4O/c1-14(2)21-19-20(24)18(23(29)26-16-11-9-15(3)10-12-16)13-25-22(19)28(27-21)17-7-5-4-6-8-17/h4-14H,1-3H3,(H,26,29). The van der Waals surface area contributed by atoms with Gasteiger partial charge in [0.25, 0.3) is 5.91 Å². The van der Waals surface area contributed by atoms with E-state index < -0.39 is 0 Å². The van der Waals surface area contributed by atoms with E-state index in [1.54, 1.807) is 4.68 Å². The second kappa shape index (κ2) is 7.68. The Kier molecular flexibility index (Phi) is 5.07. The first kappa shape index (κ1) is 19.2. The summed E-state index contributed by atoms with van der Waals surface area (Å²) in [6.45, 7) is 6.09. The first-order valence-electron chi connectivity index (χ1n) is 9.46. The van der Waals surface area contributed by atoms with Crippen LogP contribution in [0.25, 0.3) is 16.7 Å². The summed E-state index contributed by atoms with van der Waals surface area (Å²) in [4.78, 5) is 17.4. The summed E-state index contributed by atoms with van der Waals surface area (Å²) in [5.41, 5.74) is 4.50. The molecule has 5 nitrogen and oxygen atoms in total. The van der Waals surface area contributed by atoms with Gasteiger partial charge in [0.2, 0.25) is 0 Å². The molecule has 0 bridgehead atoms. The van der Waals surface area contributed by atoms with Crippen molar-refractivity contribution in [3.8, 4) is 5.69 Å². The molecular weight excluding hydrogens is 384 g/mol. The number of benzene rings is 2. The summed E-state index contributed by atoms with van der Waals surface area (Å²) in [7, 11) is 0. The van der Waals surface area contributed by atoms with Crippen LogP contribution in [0.4, 0.5) is 5.69 Å². The summed E-state index contributed by atoms with van der Waals surface area (Å²) in [6.07, 6.45) is 1.51. The summed E-state index contributed by atoms with van der Waals surface area (Å²) in [6, 6.07) is 17.4. The van der Waals surface area contributed by atoms with Crippen molar-refractivity contribution in [1.82, 2.24) is 14.8 Å². The van der Waals surface area contributed by atoms with Gasteiger partial charge in [-0.15, -0.1) is 0 Å². The number of hydrogen-bond donors (Lipinski definition) is 1. The molecule has 0 radical (unpaired) electrons. The van der Waals surface area contributed by atoms with E-state index in [1.807, 2.05) is 75.4 Å². The second-order valence-corrected chi connectivity index (χ2v) is 7.67. The molecule has 0 unspecified atom stereocenters. The molecule has 29 heavy (non-hydrogen) atoms. The number of para-hydroxylation sites is 1. The van der Waals surface area contributed by atoms with Crippen LogP contribution in [-0.2, 0) is 0 Å². The third kappa shape index (κ3) is 3.61. The van der Waals surface area contributed by atoms with E-state index >= 15 is 0 Å². The van der Waals surface area contributed by atoms with E-state index in [2.05, 4.69) is 10.3 Å². The Bertz CT molecular complexity index is 1180. The van der Waals surface area contributed by atoms with E-state index in [9.17, 15) is 4.79 Å². The van der Waals surface area contributed by atoms with Crippen LogP contribution in [0.5, 0.6) is 0 Å². The predicted molar refractivity (Wildman–Crippen MR) is 117 cm³/mol. The second-order valence-electron chi connectivity index (χ2n) is 7.29. The number of carbonyl (C=O) groups is 1. The van der Waals surface area contributed by atoms with Crippen LogP contribution in [0.2, 0.25) is 5.02 Å². The van der Waals surface area contributed by atoms with Gasteiger partial charge in [-0.25, -0.2) is 9.67 Å². The number of nitrogens with one attached hydrogen (secondary N) is 1. The molecule has 0 fully saturated rings. The lowest BCUT2D eigenvalue weighted by molar-refractivity contribution is 0.102. The lowest BCUT2D eigenvalue weighted by Crippen LogP contribution is -2.13. The van der Waals surface area contributed by atoms with E-state index in [0.717, 1.165) is 16.9 Å². The fourth-order valence-corrected chi connectivity index (χ4v) is 3.54. The molecule has 4 rings (SSSR count). The molecule has 6 heteroatoms. The molecule has 2 heterocycles. The minimum Gasteiger partial charge on any atom is -0.322 e. The number of fused-ring (bicyclic) bond motifs is 1. The Labute approximate surface area is 174 Å². The van der Waals surface area contributed by atoms with Crippen LogP contribution < -0.4 is 5.32 Å². The molecule has 1 N–H and O–H groups in total. The first-order chi connectivity index (χ1) is 14.0. The van der Waals surface area contributed by atoms with Crippen LogP contribution in [-0.4, -0.2) is 20.7 Å². The highest BCUT2D eigenvalue weighted by Gasteiger charge is 2.23. The first-order valence-corrected chi connectivity index (χ1v) is 9.84. The van der Waals surface area contributed by atoms with Gasteiger partial charge in [-0.3, -0.25) is 4.79 Å². The summed E-state index contributed by atoms with van der Waals surface area (Å²) in [5.74, 6) is -0.174. The van der Waals surface area contributed by atoms with Crippen LogP contribution in [0.3, 0.4) is 0 Å². The van der Waals surface area contributed by atoms with Gasteiger partial charge in [-0.05, 0) is 37.1 Å². The average molecular weight is 405 g/mol. The van der Waals surface area contributed by atoms with Crippen molar-refractivity contribution < 1.29 is 4.79 Å². The molecule has 0 atom stereocenters. The number of nitrogens with zero attached hydrogens (tertiary/aromatic N) is 3. The van der Waals surface area contributed by atoms with Gasteiger partial charge in [0.15, 0.2) is 5.65 Å². The van der Waals surface area contributed by atoms with Gasteiger partial charge in [0, 0.05) is 11.9 Å². The maximum absolute atomic E-state index is 12.9. The van der Waals surface area contributed by atoms with Crippen molar-refractivity contribution >= 4 is 34.2 Å². The van der Waals surface area contributed by atoms with Gasteiger partial charge >= 0.3 is 0 Å². The molecule has 4 aromatic rings. The van der Waals surface area contributed by atoms with Gasteiger partial charge in [-0.2, -0.15) is 5.10 Å². The largest absolute Gasteiger partial charge is 0.322 e. The maximum atomic E-state index is 12.9. The van der Waals surface area contributed by atoms with Crippen molar-refractivity contribution in [2.75, 3.05) is 5.32 Å². The number of hydrogen-bond acceptors (Lipinski definition) is 3. The van der Waals surface area contributed by atoms with Crippen LogP contribution in [0.1, 0.15) is 41.4 Å². The molecule has 0 saturated heterocycles. The van der Waals surface area contributed by atoms with Crippen LogP contribution >= 0.6 is 11.6 Å². The molecule has 2 aromatic carbocycles.